The number of amides is 2. The van der Waals surface area contributed by atoms with Crippen LogP contribution in [0.4, 0.5) is 0 Å². The van der Waals surface area contributed by atoms with Crippen molar-refractivity contribution in [1.82, 2.24) is 9.91 Å². The monoisotopic (exact) mass is 343 g/mol. The van der Waals surface area contributed by atoms with E-state index in [1.807, 2.05) is 11.0 Å². The second kappa shape index (κ2) is 8.25. The molecule has 25 heavy (non-hydrogen) atoms. The molecule has 1 fully saturated rings. The van der Waals surface area contributed by atoms with Crippen LogP contribution >= 0.6 is 0 Å². The molecule has 0 saturated carbocycles. The minimum atomic E-state index is -0.0595. The fraction of sp³-hybridized carbons (Fsp3) is 0.526. The third-order valence-electron chi connectivity index (χ3n) is 4.71. The predicted molar refractivity (Wildman–Crippen MR) is 95.1 cm³/mol. The summed E-state index contributed by atoms with van der Waals surface area (Å²) in [5, 5.41) is 5.41. The molecule has 2 aliphatic heterocycles. The van der Waals surface area contributed by atoms with E-state index >= 15 is 0 Å². The molecular formula is C19H25N3O3. The van der Waals surface area contributed by atoms with Crippen molar-refractivity contribution in [3.05, 3.63) is 35.9 Å². The second-order valence-corrected chi connectivity index (χ2v) is 6.59. The highest BCUT2D eigenvalue weighted by atomic mass is 16.5. The molecule has 3 rings (SSSR count). The average Bonchev–Trinajstić information content (AvgIpc) is 2.64. The lowest BCUT2D eigenvalue weighted by Gasteiger charge is -2.34. The molecule has 6 nitrogen and oxygen atoms in total. The fourth-order valence-electron chi connectivity index (χ4n) is 3.26. The topological polar surface area (TPSA) is 62.2 Å². The van der Waals surface area contributed by atoms with Crippen LogP contribution in [-0.4, -0.2) is 60.3 Å². The summed E-state index contributed by atoms with van der Waals surface area (Å²) in [6.45, 7) is 1.75. The third-order valence-corrected chi connectivity index (χ3v) is 4.71. The van der Waals surface area contributed by atoms with Crippen molar-refractivity contribution < 1.29 is 14.3 Å². The predicted octanol–water partition coefficient (Wildman–Crippen LogP) is 1.84. The molecule has 134 valence electrons. The first-order valence-electron chi connectivity index (χ1n) is 8.92. The lowest BCUT2D eigenvalue weighted by molar-refractivity contribution is -0.133. The maximum atomic E-state index is 12.6. The number of carbonyl (C=O) groups is 2. The minimum absolute atomic E-state index is 0.0442. The zero-order chi connectivity index (χ0) is 17.6. The van der Waals surface area contributed by atoms with Gasteiger partial charge in [-0.25, -0.2) is 5.01 Å². The third kappa shape index (κ3) is 4.66. The highest BCUT2D eigenvalue weighted by Crippen LogP contribution is 2.16. The van der Waals surface area contributed by atoms with E-state index in [-0.39, 0.29) is 17.9 Å². The van der Waals surface area contributed by atoms with Crippen LogP contribution in [0.5, 0.6) is 0 Å². The van der Waals surface area contributed by atoms with Gasteiger partial charge in [-0.05, 0) is 24.8 Å². The van der Waals surface area contributed by atoms with Crippen LogP contribution in [0.2, 0.25) is 0 Å². The number of ether oxygens (including phenoxy) is 1. The molecule has 1 aromatic carbocycles. The number of aryl methyl sites for hydroxylation is 1. The number of hydrogen-bond acceptors (Lipinski definition) is 4. The van der Waals surface area contributed by atoms with E-state index in [2.05, 4.69) is 29.4 Å². The van der Waals surface area contributed by atoms with Gasteiger partial charge in [0.05, 0.1) is 12.7 Å². The van der Waals surface area contributed by atoms with Crippen LogP contribution in [0.1, 0.15) is 31.2 Å². The van der Waals surface area contributed by atoms with Gasteiger partial charge in [-0.15, -0.1) is 0 Å². The molecule has 0 N–H and O–H groups in total. The van der Waals surface area contributed by atoms with Gasteiger partial charge in [0.2, 0.25) is 5.91 Å². The van der Waals surface area contributed by atoms with Gasteiger partial charge in [-0.3, -0.25) is 9.59 Å². The van der Waals surface area contributed by atoms with E-state index in [9.17, 15) is 9.59 Å². The van der Waals surface area contributed by atoms with Gasteiger partial charge >= 0.3 is 0 Å². The van der Waals surface area contributed by atoms with Crippen LogP contribution in [0, 0.1) is 0 Å². The van der Waals surface area contributed by atoms with Gasteiger partial charge in [0.15, 0.2) is 0 Å². The Morgan fingerprint density at radius 2 is 2.08 bits per heavy atom. The molecule has 0 radical (unpaired) electrons. The smallest absolute Gasteiger partial charge is 0.270 e. The van der Waals surface area contributed by atoms with Crippen molar-refractivity contribution >= 4 is 17.5 Å². The SMILES string of the molecule is CN1N=C(C(=O)N2CCO[C@H](CCCc3ccccc3)C2)CCC1=O. The van der Waals surface area contributed by atoms with Crippen LogP contribution in [-0.2, 0) is 20.7 Å². The molecule has 0 bridgehead atoms. The Labute approximate surface area is 148 Å². The molecule has 1 saturated heterocycles. The summed E-state index contributed by atoms with van der Waals surface area (Å²) in [4.78, 5) is 26.0. The molecule has 1 aromatic rings. The summed E-state index contributed by atoms with van der Waals surface area (Å²) in [5.41, 5.74) is 1.81. The Balaban J connectivity index is 1.50. The van der Waals surface area contributed by atoms with Crippen molar-refractivity contribution in [2.24, 2.45) is 5.10 Å². The fourth-order valence-corrected chi connectivity index (χ4v) is 3.26. The van der Waals surface area contributed by atoms with Crippen LogP contribution in [0.25, 0.3) is 0 Å². The highest BCUT2D eigenvalue weighted by Gasteiger charge is 2.29. The summed E-state index contributed by atoms with van der Waals surface area (Å²) in [6.07, 6.45) is 3.85. The minimum Gasteiger partial charge on any atom is -0.375 e. The van der Waals surface area contributed by atoms with E-state index in [0.29, 0.717) is 38.2 Å². The van der Waals surface area contributed by atoms with Crippen molar-refractivity contribution in [1.29, 1.82) is 0 Å². The number of carbonyl (C=O) groups excluding carboxylic acids is 2. The quantitative estimate of drug-likeness (QED) is 0.820. The second-order valence-electron chi connectivity index (χ2n) is 6.59. The number of hydrogen-bond donors (Lipinski definition) is 0. The van der Waals surface area contributed by atoms with Gasteiger partial charge in [0.1, 0.15) is 5.71 Å². The number of nitrogens with zero attached hydrogens (tertiary/aromatic N) is 3. The Morgan fingerprint density at radius 3 is 2.84 bits per heavy atom. The lowest BCUT2D eigenvalue weighted by atomic mass is 10.0. The maximum Gasteiger partial charge on any atom is 0.270 e. The van der Waals surface area contributed by atoms with Crippen molar-refractivity contribution in [2.45, 2.75) is 38.2 Å². The molecule has 2 heterocycles. The normalized spacial score (nSPS) is 21.2. The zero-order valence-corrected chi connectivity index (χ0v) is 14.7. The molecular weight excluding hydrogens is 318 g/mol. The summed E-state index contributed by atoms with van der Waals surface area (Å²) < 4.78 is 5.82. The van der Waals surface area contributed by atoms with Gasteiger partial charge in [-0.2, -0.15) is 5.10 Å². The standard InChI is InChI=1S/C19H25N3O3/c1-21-18(23)11-10-17(20-21)19(24)22-12-13-25-16(14-22)9-5-8-15-6-3-2-4-7-15/h2-4,6-7,16H,5,8-14H2,1H3/t16-/m1/s1. The van der Waals surface area contributed by atoms with Gasteiger partial charge in [0, 0.05) is 33.0 Å². The van der Waals surface area contributed by atoms with Gasteiger partial charge < -0.3 is 9.64 Å². The van der Waals surface area contributed by atoms with Crippen LogP contribution in [0.3, 0.4) is 0 Å². The summed E-state index contributed by atoms with van der Waals surface area (Å²) in [6, 6.07) is 10.4. The number of morpholine rings is 1. The first-order chi connectivity index (χ1) is 12.1. The molecule has 2 aliphatic rings. The van der Waals surface area contributed by atoms with E-state index < -0.39 is 0 Å². The van der Waals surface area contributed by atoms with Gasteiger partial charge in [0.25, 0.3) is 5.91 Å². The molecule has 0 aliphatic carbocycles. The average molecular weight is 343 g/mol. The van der Waals surface area contributed by atoms with Crippen molar-refractivity contribution in [3.8, 4) is 0 Å². The summed E-state index contributed by atoms with van der Waals surface area (Å²) >= 11 is 0. The molecule has 0 aromatic heterocycles. The Kier molecular flexibility index (Phi) is 5.81. The Morgan fingerprint density at radius 1 is 1.28 bits per heavy atom. The molecule has 2 amide bonds. The Hall–Kier alpha value is -2.21. The van der Waals surface area contributed by atoms with E-state index in [4.69, 9.17) is 4.74 Å². The van der Waals surface area contributed by atoms with Crippen LogP contribution < -0.4 is 0 Å². The molecule has 0 spiro atoms. The molecule has 0 unspecified atom stereocenters. The largest absolute Gasteiger partial charge is 0.375 e. The number of hydrazone groups is 1. The first-order valence-corrected chi connectivity index (χ1v) is 8.92. The molecule has 6 heteroatoms. The summed E-state index contributed by atoms with van der Waals surface area (Å²) in [5.74, 6) is -0.104. The van der Waals surface area contributed by atoms with Crippen LogP contribution in [0.15, 0.2) is 35.4 Å². The molecule has 1 atom stereocenters. The van der Waals surface area contributed by atoms with Crippen molar-refractivity contribution in [2.75, 3.05) is 26.7 Å². The maximum absolute atomic E-state index is 12.6. The van der Waals surface area contributed by atoms with E-state index in [1.165, 1.54) is 10.6 Å². The lowest BCUT2D eigenvalue weighted by Crippen LogP contribution is -2.49. The van der Waals surface area contributed by atoms with E-state index in [0.717, 1.165) is 19.3 Å². The van der Waals surface area contributed by atoms with Crippen molar-refractivity contribution in [3.63, 3.8) is 0 Å². The summed E-state index contributed by atoms with van der Waals surface area (Å²) in [7, 11) is 1.60. The first kappa shape index (κ1) is 17.6. The van der Waals surface area contributed by atoms with Gasteiger partial charge in [-0.1, -0.05) is 30.3 Å². The number of rotatable bonds is 5. The zero-order valence-electron chi connectivity index (χ0n) is 14.7. The number of benzene rings is 1. The highest BCUT2D eigenvalue weighted by molar-refractivity contribution is 6.39. The van der Waals surface area contributed by atoms with E-state index in [1.54, 1.807) is 7.05 Å². The Bertz CT molecular complexity index is 645.